The highest BCUT2D eigenvalue weighted by atomic mass is 16.5. The van der Waals surface area contributed by atoms with E-state index in [1.165, 1.54) is 6.42 Å². The van der Waals surface area contributed by atoms with E-state index in [-0.39, 0.29) is 24.5 Å². The van der Waals surface area contributed by atoms with Gasteiger partial charge in [0.2, 0.25) is 5.91 Å². The third kappa shape index (κ3) is 6.26. The number of amides is 1. The average Bonchev–Trinajstić information content (AvgIpc) is 2.26. The molecule has 0 aromatic carbocycles. The van der Waals surface area contributed by atoms with Crippen molar-refractivity contribution in [1.29, 1.82) is 0 Å². The van der Waals surface area contributed by atoms with Crippen LogP contribution in [0.4, 0.5) is 0 Å². The number of carbonyl (C=O) groups excluding carboxylic acids is 1. The fourth-order valence-electron chi connectivity index (χ4n) is 1.99. The number of aliphatic carboxylic acids is 1. The van der Waals surface area contributed by atoms with Crippen LogP contribution < -0.4 is 5.32 Å². The number of carboxylic acids is 1. The summed E-state index contributed by atoms with van der Waals surface area (Å²) < 4.78 is 5.52. The van der Waals surface area contributed by atoms with Crippen LogP contribution in [0, 0.1) is 0 Å². The smallest absolute Gasteiger partial charge is 0.305 e. The third-order valence-corrected chi connectivity index (χ3v) is 2.86. The van der Waals surface area contributed by atoms with Crippen molar-refractivity contribution in [3.05, 3.63) is 0 Å². The van der Waals surface area contributed by atoms with Crippen LogP contribution in [0.3, 0.4) is 0 Å². The quantitative estimate of drug-likeness (QED) is 0.737. The fraction of sp³-hybridized carbons (Fsp3) is 0.833. The first kappa shape index (κ1) is 14.0. The average molecular weight is 243 g/mol. The number of carbonyl (C=O) groups is 2. The van der Waals surface area contributed by atoms with Gasteiger partial charge in [0.1, 0.15) is 0 Å². The van der Waals surface area contributed by atoms with Crippen molar-refractivity contribution in [2.75, 3.05) is 6.61 Å². The van der Waals surface area contributed by atoms with Crippen molar-refractivity contribution in [2.24, 2.45) is 0 Å². The number of hydrogen-bond donors (Lipinski definition) is 2. The predicted octanol–water partition coefficient (Wildman–Crippen LogP) is 1.32. The summed E-state index contributed by atoms with van der Waals surface area (Å²) in [5.41, 5.74) is 0. The third-order valence-electron chi connectivity index (χ3n) is 2.86. The molecule has 98 valence electrons. The summed E-state index contributed by atoms with van der Waals surface area (Å²) in [6.07, 6.45) is 4.61. The molecule has 5 heteroatoms. The first-order chi connectivity index (χ1) is 8.08. The van der Waals surface area contributed by atoms with E-state index in [1.807, 2.05) is 0 Å². The van der Waals surface area contributed by atoms with Gasteiger partial charge in [-0.15, -0.1) is 0 Å². The van der Waals surface area contributed by atoms with Crippen LogP contribution in [0.1, 0.15) is 45.4 Å². The van der Waals surface area contributed by atoms with Gasteiger partial charge in [0, 0.05) is 19.1 Å². The van der Waals surface area contributed by atoms with Crippen LogP contribution in [0.2, 0.25) is 0 Å². The minimum absolute atomic E-state index is 0.0360. The van der Waals surface area contributed by atoms with Gasteiger partial charge in [0.05, 0.1) is 12.5 Å². The lowest BCUT2D eigenvalue weighted by molar-refractivity contribution is -0.137. The van der Waals surface area contributed by atoms with Crippen LogP contribution in [-0.4, -0.2) is 35.7 Å². The van der Waals surface area contributed by atoms with Gasteiger partial charge in [-0.3, -0.25) is 9.59 Å². The molecule has 1 amide bonds. The lowest BCUT2D eigenvalue weighted by Gasteiger charge is -2.22. The highest BCUT2D eigenvalue weighted by Crippen LogP contribution is 2.16. The Morgan fingerprint density at radius 3 is 2.82 bits per heavy atom. The summed E-state index contributed by atoms with van der Waals surface area (Å²) in [7, 11) is 0. The number of ether oxygens (including phenoxy) is 1. The van der Waals surface area contributed by atoms with Crippen molar-refractivity contribution >= 4 is 11.9 Å². The summed E-state index contributed by atoms with van der Waals surface area (Å²) in [6.45, 7) is 2.49. The van der Waals surface area contributed by atoms with Crippen LogP contribution in [-0.2, 0) is 14.3 Å². The molecule has 17 heavy (non-hydrogen) atoms. The lowest BCUT2D eigenvalue weighted by Crippen LogP contribution is -2.34. The molecule has 2 N–H and O–H groups in total. The Kier molecular flexibility index (Phi) is 5.97. The molecule has 5 nitrogen and oxygen atoms in total. The lowest BCUT2D eigenvalue weighted by atomic mass is 10.0. The first-order valence-corrected chi connectivity index (χ1v) is 6.20. The van der Waals surface area contributed by atoms with E-state index in [4.69, 9.17) is 9.84 Å². The van der Waals surface area contributed by atoms with Crippen molar-refractivity contribution in [1.82, 2.24) is 5.32 Å². The van der Waals surface area contributed by atoms with E-state index in [0.29, 0.717) is 6.42 Å². The largest absolute Gasteiger partial charge is 0.481 e. The SMILES string of the molecule is CC(CC(=O)O)NC(=O)CCC1CCCCO1. The highest BCUT2D eigenvalue weighted by molar-refractivity contribution is 5.77. The normalized spacial score (nSPS) is 21.8. The Morgan fingerprint density at radius 2 is 2.24 bits per heavy atom. The molecule has 1 fully saturated rings. The standard InChI is InChI=1S/C12H21NO4/c1-9(8-12(15)16)13-11(14)6-5-10-4-2-3-7-17-10/h9-10H,2-8H2,1H3,(H,13,14)(H,15,16). The Bertz CT molecular complexity index is 261. The van der Waals surface area contributed by atoms with E-state index in [0.717, 1.165) is 25.9 Å². The first-order valence-electron chi connectivity index (χ1n) is 6.20. The second-order valence-electron chi connectivity index (χ2n) is 4.59. The molecule has 0 aromatic heterocycles. The Hall–Kier alpha value is -1.10. The zero-order chi connectivity index (χ0) is 12.7. The summed E-state index contributed by atoms with van der Waals surface area (Å²) in [5.74, 6) is -0.985. The molecule has 1 heterocycles. The molecule has 1 aliphatic heterocycles. The van der Waals surface area contributed by atoms with Crippen molar-refractivity contribution < 1.29 is 19.4 Å². The second kappa shape index (κ2) is 7.27. The van der Waals surface area contributed by atoms with Gasteiger partial charge in [-0.05, 0) is 32.6 Å². The minimum atomic E-state index is -0.895. The van der Waals surface area contributed by atoms with Gasteiger partial charge >= 0.3 is 5.97 Å². The summed E-state index contributed by atoms with van der Waals surface area (Å²) in [6, 6.07) is -0.313. The molecule has 0 radical (unpaired) electrons. The maximum atomic E-state index is 11.5. The maximum Gasteiger partial charge on any atom is 0.305 e. The Labute approximate surface area is 102 Å². The van der Waals surface area contributed by atoms with E-state index >= 15 is 0 Å². The molecule has 2 unspecified atom stereocenters. The van der Waals surface area contributed by atoms with Crippen LogP contribution in [0.5, 0.6) is 0 Å². The predicted molar refractivity (Wildman–Crippen MR) is 62.7 cm³/mol. The van der Waals surface area contributed by atoms with E-state index in [9.17, 15) is 9.59 Å². The fourth-order valence-corrected chi connectivity index (χ4v) is 1.99. The zero-order valence-corrected chi connectivity index (χ0v) is 10.3. The molecule has 1 aliphatic rings. The van der Waals surface area contributed by atoms with Crippen LogP contribution >= 0.6 is 0 Å². The van der Waals surface area contributed by atoms with Gasteiger partial charge < -0.3 is 15.2 Å². The van der Waals surface area contributed by atoms with E-state index < -0.39 is 5.97 Å². The zero-order valence-electron chi connectivity index (χ0n) is 10.3. The minimum Gasteiger partial charge on any atom is -0.481 e. The van der Waals surface area contributed by atoms with Gasteiger partial charge in [0.25, 0.3) is 0 Å². The van der Waals surface area contributed by atoms with Crippen molar-refractivity contribution in [3.63, 3.8) is 0 Å². The molecule has 0 saturated carbocycles. The van der Waals surface area contributed by atoms with Gasteiger partial charge in [0.15, 0.2) is 0 Å². The molecule has 1 saturated heterocycles. The molecule has 0 aliphatic carbocycles. The molecule has 1 rings (SSSR count). The van der Waals surface area contributed by atoms with Crippen molar-refractivity contribution in [3.8, 4) is 0 Å². The molecule has 0 spiro atoms. The summed E-state index contributed by atoms with van der Waals surface area (Å²) in [5, 5.41) is 11.2. The van der Waals surface area contributed by atoms with Crippen LogP contribution in [0.15, 0.2) is 0 Å². The summed E-state index contributed by atoms with van der Waals surface area (Å²) >= 11 is 0. The molecule has 0 aromatic rings. The van der Waals surface area contributed by atoms with Gasteiger partial charge in [-0.25, -0.2) is 0 Å². The monoisotopic (exact) mass is 243 g/mol. The maximum absolute atomic E-state index is 11.5. The molecule has 2 atom stereocenters. The van der Waals surface area contributed by atoms with E-state index in [2.05, 4.69) is 5.32 Å². The Morgan fingerprint density at radius 1 is 1.47 bits per heavy atom. The van der Waals surface area contributed by atoms with Crippen molar-refractivity contribution in [2.45, 2.75) is 57.6 Å². The topological polar surface area (TPSA) is 75.6 Å². The number of nitrogens with one attached hydrogen (secondary N) is 1. The Balaban J connectivity index is 2.13. The van der Waals surface area contributed by atoms with Crippen LogP contribution in [0.25, 0.3) is 0 Å². The molecular weight excluding hydrogens is 222 g/mol. The van der Waals surface area contributed by atoms with Gasteiger partial charge in [-0.1, -0.05) is 0 Å². The number of rotatable bonds is 6. The number of carboxylic acid groups (broad SMARTS) is 1. The number of hydrogen-bond acceptors (Lipinski definition) is 3. The highest BCUT2D eigenvalue weighted by Gasteiger charge is 2.16. The van der Waals surface area contributed by atoms with E-state index in [1.54, 1.807) is 6.92 Å². The molecule has 0 bridgehead atoms. The molecular formula is C12H21NO4. The second-order valence-corrected chi connectivity index (χ2v) is 4.59. The summed E-state index contributed by atoms with van der Waals surface area (Å²) in [4.78, 5) is 21.9. The van der Waals surface area contributed by atoms with Gasteiger partial charge in [-0.2, -0.15) is 0 Å².